The van der Waals surface area contributed by atoms with Crippen LogP contribution in [-0.4, -0.2) is 47.6 Å². The van der Waals surface area contributed by atoms with Crippen LogP contribution in [0, 0.1) is 0 Å². The van der Waals surface area contributed by atoms with E-state index in [1.807, 2.05) is 0 Å². The number of carbonyl (C=O) groups excluding carboxylic acids is 1. The van der Waals surface area contributed by atoms with Crippen LogP contribution >= 0.6 is 0 Å². The molecule has 1 N–H and O–H groups in total. The highest BCUT2D eigenvalue weighted by molar-refractivity contribution is 5.93. The van der Waals surface area contributed by atoms with E-state index in [-0.39, 0.29) is 12.2 Å². The molecule has 0 aromatic carbocycles. The first kappa shape index (κ1) is 12.8. The van der Waals surface area contributed by atoms with Crippen molar-refractivity contribution in [2.24, 2.45) is 0 Å². The summed E-state index contributed by atoms with van der Waals surface area (Å²) >= 11 is 0. The van der Waals surface area contributed by atoms with E-state index in [1.165, 1.54) is 7.11 Å². The second-order valence-corrected chi connectivity index (χ2v) is 3.25. The highest BCUT2D eigenvalue weighted by Gasteiger charge is 2.16. The third kappa shape index (κ3) is 3.41. The summed E-state index contributed by atoms with van der Waals surface area (Å²) in [6.45, 7) is 1.06. The number of aromatic nitrogens is 2. The van der Waals surface area contributed by atoms with Crippen molar-refractivity contribution >= 4 is 5.78 Å². The molecule has 1 aromatic heterocycles. The zero-order valence-electron chi connectivity index (χ0n) is 9.42. The van der Waals surface area contributed by atoms with Gasteiger partial charge < -0.3 is 19.1 Å². The van der Waals surface area contributed by atoms with Crippen molar-refractivity contribution in [1.82, 2.24) is 9.55 Å². The maximum atomic E-state index is 11.7. The number of methoxy groups -OCH3 is 2. The number of Topliss-reactive ketones (excluding diaryl/α,β-unsaturated/α-hetero) is 1. The predicted molar refractivity (Wildman–Crippen MR) is 56.1 cm³/mol. The highest BCUT2D eigenvalue weighted by Crippen LogP contribution is 2.05. The van der Waals surface area contributed by atoms with Crippen LogP contribution in [-0.2, 0) is 16.0 Å². The Kier molecular flexibility index (Phi) is 5.10. The van der Waals surface area contributed by atoms with E-state index < -0.39 is 6.29 Å². The molecule has 0 radical (unpaired) electrons. The van der Waals surface area contributed by atoms with Gasteiger partial charge in [0.25, 0.3) is 0 Å². The van der Waals surface area contributed by atoms with Gasteiger partial charge in [0.05, 0.1) is 13.0 Å². The van der Waals surface area contributed by atoms with Crippen LogP contribution in [0.4, 0.5) is 0 Å². The maximum absolute atomic E-state index is 11.7. The molecule has 1 atom stereocenters. The quantitative estimate of drug-likeness (QED) is 0.528. The van der Waals surface area contributed by atoms with Gasteiger partial charge in [-0.05, 0) is 0 Å². The van der Waals surface area contributed by atoms with Crippen molar-refractivity contribution in [2.75, 3.05) is 20.8 Å². The van der Waals surface area contributed by atoms with E-state index in [4.69, 9.17) is 4.74 Å². The first-order valence-corrected chi connectivity index (χ1v) is 4.93. The monoisotopic (exact) mass is 228 g/mol. The summed E-state index contributed by atoms with van der Waals surface area (Å²) < 4.78 is 11.2. The van der Waals surface area contributed by atoms with Gasteiger partial charge in [-0.1, -0.05) is 0 Å². The van der Waals surface area contributed by atoms with Gasteiger partial charge in [0.1, 0.15) is 0 Å². The SMILES string of the molecule is COCCn1ccnc1C(=O)CC(O)OC. The Balaban J connectivity index is 2.64. The van der Waals surface area contributed by atoms with Crippen molar-refractivity contribution in [3.63, 3.8) is 0 Å². The summed E-state index contributed by atoms with van der Waals surface area (Å²) in [7, 11) is 2.93. The summed E-state index contributed by atoms with van der Waals surface area (Å²) in [5, 5.41) is 9.19. The minimum Gasteiger partial charge on any atom is -0.383 e. The zero-order chi connectivity index (χ0) is 12.0. The average Bonchev–Trinajstić information content (AvgIpc) is 2.74. The molecule has 0 spiro atoms. The van der Waals surface area contributed by atoms with Gasteiger partial charge in [0.15, 0.2) is 12.1 Å². The number of imidazole rings is 1. The smallest absolute Gasteiger partial charge is 0.203 e. The van der Waals surface area contributed by atoms with E-state index in [0.717, 1.165) is 0 Å². The number of hydrogen-bond acceptors (Lipinski definition) is 5. The average molecular weight is 228 g/mol. The van der Waals surface area contributed by atoms with E-state index in [9.17, 15) is 9.90 Å². The zero-order valence-corrected chi connectivity index (χ0v) is 9.42. The van der Waals surface area contributed by atoms with Gasteiger partial charge in [-0.15, -0.1) is 0 Å². The molecule has 1 aromatic rings. The lowest BCUT2D eigenvalue weighted by atomic mass is 10.2. The van der Waals surface area contributed by atoms with Gasteiger partial charge in [0.2, 0.25) is 5.78 Å². The van der Waals surface area contributed by atoms with Crippen LogP contribution in [0.5, 0.6) is 0 Å². The van der Waals surface area contributed by atoms with Gasteiger partial charge in [-0.25, -0.2) is 4.98 Å². The first-order valence-electron chi connectivity index (χ1n) is 4.93. The number of carbonyl (C=O) groups is 1. The van der Waals surface area contributed by atoms with Crippen molar-refractivity contribution < 1.29 is 19.4 Å². The molecule has 1 unspecified atom stereocenters. The number of aliphatic hydroxyl groups excluding tert-OH is 1. The summed E-state index contributed by atoms with van der Waals surface area (Å²) in [5.74, 6) is 0.0589. The van der Waals surface area contributed by atoms with Crippen LogP contribution in [0.1, 0.15) is 17.0 Å². The lowest BCUT2D eigenvalue weighted by Crippen LogP contribution is -2.19. The minimum atomic E-state index is -1.08. The molecule has 0 fully saturated rings. The largest absolute Gasteiger partial charge is 0.383 e. The number of ketones is 1. The van der Waals surface area contributed by atoms with Gasteiger partial charge in [0, 0.05) is 33.2 Å². The molecule has 0 saturated carbocycles. The van der Waals surface area contributed by atoms with Crippen LogP contribution < -0.4 is 0 Å². The first-order chi connectivity index (χ1) is 7.69. The van der Waals surface area contributed by atoms with Crippen LogP contribution in [0.15, 0.2) is 12.4 Å². The molecule has 1 rings (SSSR count). The van der Waals surface area contributed by atoms with Crippen LogP contribution in [0.25, 0.3) is 0 Å². The number of aliphatic hydroxyl groups is 1. The van der Waals surface area contributed by atoms with Crippen LogP contribution in [0.3, 0.4) is 0 Å². The number of ether oxygens (including phenoxy) is 2. The summed E-state index contributed by atoms with van der Waals surface area (Å²) in [5.41, 5.74) is 0. The van der Waals surface area contributed by atoms with Gasteiger partial charge >= 0.3 is 0 Å². The van der Waals surface area contributed by atoms with Gasteiger partial charge in [-0.2, -0.15) is 0 Å². The Bertz CT molecular complexity index is 337. The maximum Gasteiger partial charge on any atom is 0.203 e. The fourth-order valence-corrected chi connectivity index (χ4v) is 1.26. The lowest BCUT2D eigenvalue weighted by molar-refractivity contribution is -0.0718. The highest BCUT2D eigenvalue weighted by atomic mass is 16.6. The third-order valence-electron chi connectivity index (χ3n) is 2.13. The Morgan fingerprint density at radius 2 is 2.38 bits per heavy atom. The molecular formula is C10H16N2O4. The molecule has 90 valence electrons. The molecule has 1 heterocycles. The third-order valence-corrected chi connectivity index (χ3v) is 2.13. The standard InChI is InChI=1S/C10H16N2O4/c1-15-6-5-12-4-3-11-10(12)8(13)7-9(14)16-2/h3-4,9,14H,5-7H2,1-2H3. The summed E-state index contributed by atoms with van der Waals surface area (Å²) in [4.78, 5) is 15.6. The van der Waals surface area contributed by atoms with E-state index in [0.29, 0.717) is 19.0 Å². The molecule has 0 bridgehead atoms. The second-order valence-electron chi connectivity index (χ2n) is 3.25. The fourth-order valence-electron chi connectivity index (χ4n) is 1.26. The molecule has 6 heteroatoms. The van der Waals surface area contributed by atoms with E-state index in [2.05, 4.69) is 9.72 Å². The number of hydrogen-bond donors (Lipinski definition) is 1. The molecule has 0 amide bonds. The van der Waals surface area contributed by atoms with Crippen molar-refractivity contribution in [3.05, 3.63) is 18.2 Å². The Hall–Kier alpha value is -1.24. The number of nitrogens with zero attached hydrogens (tertiary/aromatic N) is 2. The molecule has 0 aliphatic carbocycles. The molecule has 16 heavy (non-hydrogen) atoms. The van der Waals surface area contributed by atoms with Crippen LogP contribution in [0.2, 0.25) is 0 Å². The second kappa shape index (κ2) is 6.37. The molecule has 0 aliphatic rings. The topological polar surface area (TPSA) is 73.6 Å². The number of rotatable bonds is 7. The normalized spacial score (nSPS) is 12.7. The minimum absolute atomic E-state index is 0.0967. The molecule has 0 saturated heterocycles. The van der Waals surface area contributed by atoms with Crippen molar-refractivity contribution in [3.8, 4) is 0 Å². The fraction of sp³-hybridized carbons (Fsp3) is 0.600. The predicted octanol–water partition coefficient (Wildman–Crippen LogP) is 0.0671. The van der Waals surface area contributed by atoms with Crippen molar-refractivity contribution in [2.45, 2.75) is 19.3 Å². The Morgan fingerprint density at radius 3 is 3.00 bits per heavy atom. The Labute approximate surface area is 93.8 Å². The van der Waals surface area contributed by atoms with E-state index >= 15 is 0 Å². The van der Waals surface area contributed by atoms with Gasteiger partial charge in [-0.3, -0.25) is 4.79 Å². The molecule has 0 aliphatic heterocycles. The molecule has 6 nitrogen and oxygen atoms in total. The van der Waals surface area contributed by atoms with Crippen molar-refractivity contribution in [1.29, 1.82) is 0 Å². The molecular weight excluding hydrogens is 212 g/mol. The summed E-state index contributed by atoms with van der Waals surface area (Å²) in [6, 6.07) is 0. The lowest BCUT2D eigenvalue weighted by Gasteiger charge is -2.09. The van der Waals surface area contributed by atoms with E-state index in [1.54, 1.807) is 24.1 Å². The Morgan fingerprint density at radius 1 is 1.62 bits per heavy atom. The summed E-state index contributed by atoms with van der Waals surface area (Å²) in [6.07, 6.45) is 2.06.